The fourth-order valence-corrected chi connectivity index (χ4v) is 4.22. The summed E-state index contributed by atoms with van der Waals surface area (Å²) in [5, 5.41) is 16.5. The molecule has 154 valence electrons. The topological polar surface area (TPSA) is 91.3 Å². The Bertz CT molecular complexity index is 1140. The number of amides is 1. The minimum absolute atomic E-state index is 0.0236. The zero-order valence-electron chi connectivity index (χ0n) is 16.5. The van der Waals surface area contributed by atoms with Crippen LogP contribution in [0.3, 0.4) is 0 Å². The highest BCUT2D eigenvalue weighted by Crippen LogP contribution is 2.29. The first kappa shape index (κ1) is 20.1. The zero-order chi connectivity index (χ0) is 20.9. The van der Waals surface area contributed by atoms with Gasteiger partial charge in [0.2, 0.25) is 0 Å². The SMILES string of the molecule is COc1cccc(CN(CCCO)C(=O)c2nc3ccc(-c4cn[nH]c4)cc3s2)c1. The molecular formula is C22H22N4O3S. The first-order valence-electron chi connectivity index (χ1n) is 9.61. The summed E-state index contributed by atoms with van der Waals surface area (Å²) in [5.74, 6) is 0.603. The Balaban J connectivity index is 1.60. The number of aromatic amines is 1. The van der Waals surface area contributed by atoms with Crippen LogP contribution in [-0.2, 0) is 6.54 Å². The molecule has 2 heterocycles. The summed E-state index contributed by atoms with van der Waals surface area (Å²) in [6.45, 7) is 0.894. The van der Waals surface area contributed by atoms with Crippen LogP contribution in [-0.4, -0.2) is 51.4 Å². The van der Waals surface area contributed by atoms with E-state index >= 15 is 0 Å². The lowest BCUT2D eigenvalue weighted by atomic mass is 10.1. The molecule has 0 saturated heterocycles. The van der Waals surface area contributed by atoms with E-state index in [9.17, 15) is 9.90 Å². The van der Waals surface area contributed by atoms with E-state index in [2.05, 4.69) is 15.2 Å². The van der Waals surface area contributed by atoms with Crippen LogP contribution in [0.25, 0.3) is 21.3 Å². The van der Waals surface area contributed by atoms with Crippen molar-refractivity contribution >= 4 is 27.5 Å². The molecule has 7 nitrogen and oxygen atoms in total. The van der Waals surface area contributed by atoms with Crippen LogP contribution in [0.1, 0.15) is 21.8 Å². The van der Waals surface area contributed by atoms with Crippen molar-refractivity contribution in [2.24, 2.45) is 0 Å². The van der Waals surface area contributed by atoms with Crippen LogP contribution < -0.4 is 4.74 Å². The van der Waals surface area contributed by atoms with Crippen LogP contribution in [0.5, 0.6) is 5.75 Å². The third kappa shape index (κ3) is 4.34. The first-order chi connectivity index (χ1) is 14.7. The standard InChI is InChI=1S/C22H22N4O3S/c1-29-18-5-2-4-15(10-18)14-26(8-3-9-27)22(28)21-25-19-7-6-16(11-20(19)30-21)17-12-23-24-13-17/h2,4-7,10-13,27H,3,8-9,14H2,1H3,(H,23,24). The van der Waals surface area contributed by atoms with E-state index in [1.165, 1.54) is 11.3 Å². The molecule has 0 fully saturated rings. The van der Waals surface area contributed by atoms with Gasteiger partial charge in [0.25, 0.3) is 5.91 Å². The molecule has 0 aliphatic rings. The summed E-state index contributed by atoms with van der Waals surface area (Å²) in [6, 6.07) is 13.6. The van der Waals surface area contributed by atoms with Gasteiger partial charge < -0.3 is 14.7 Å². The van der Waals surface area contributed by atoms with Crippen molar-refractivity contribution in [3.8, 4) is 16.9 Å². The molecule has 0 radical (unpaired) electrons. The number of nitrogens with zero attached hydrogens (tertiary/aromatic N) is 3. The Labute approximate surface area is 178 Å². The van der Waals surface area contributed by atoms with Gasteiger partial charge in [0.15, 0.2) is 5.01 Å². The minimum Gasteiger partial charge on any atom is -0.497 e. The normalized spacial score (nSPS) is 11.0. The van der Waals surface area contributed by atoms with Crippen molar-refractivity contribution in [3.63, 3.8) is 0 Å². The third-order valence-corrected chi connectivity index (χ3v) is 5.79. The van der Waals surface area contributed by atoms with E-state index in [4.69, 9.17) is 4.74 Å². The molecule has 2 aromatic heterocycles. The van der Waals surface area contributed by atoms with Gasteiger partial charge in [0.1, 0.15) is 5.75 Å². The molecular weight excluding hydrogens is 400 g/mol. The van der Waals surface area contributed by atoms with E-state index in [1.54, 1.807) is 18.2 Å². The van der Waals surface area contributed by atoms with E-state index in [0.717, 1.165) is 32.7 Å². The zero-order valence-corrected chi connectivity index (χ0v) is 17.4. The predicted molar refractivity (Wildman–Crippen MR) is 117 cm³/mol. The summed E-state index contributed by atoms with van der Waals surface area (Å²) in [7, 11) is 1.62. The van der Waals surface area contributed by atoms with Gasteiger partial charge in [-0.1, -0.05) is 18.2 Å². The Hall–Kier alpha value is -3.23. The van der Waals surface area contributed by atoms with Crippen LogP contribution in [0.2, 0.25) is 0 Å². The Kier molecular flexibility index (Phi) is 6.06. The molecule has 30 heavy (non-hydrogen) atoms. The van der Waals surface area contributed by atoms with Crippen LogP contribution in [0.4, 0.5) is 0 Å². The molecule has 4 rings (SSSR count). The number of hydrogen-bond donors (Lipinski definition) is 2. The number of hydrogen-bond acceptors (Lipinski definition) is 6. The number of nitrogens with one attached hydrogen (secondary N) is 1. The second-order valence-electron chi connectivity index (χ2n) is 6.84. The van der Waals surface area contributed by atoms with Crippen LogP contribution in [0, 0.1) is 0 Å². The maximum atomic E-state index is 13.2. The number of methoxy groups -OCH3 is 1. The summed E-state index contributed by atoms with van der Waals surface area (Å²) < 4.78 is 6.23. The number of rotatable bonds is 8. The van der Waals surface area contributed by atoms with E-state index in [-0.39, 0.29) is 12.5 Å². The molecule has 0 spiro atoms. The predicted octanol–water partition coefficient (Wildman–Crippen LogP) is 3.72. The average Bonchev–Trinajstić information content (AvgIpc) is 3.45. The van der Waals surface area contributed by atoms with E-state index in [0.29, 0.717) is 24.5 Å². The molecule has 0 bridgehead atoms. The number of aliphatic hydroxyl groups is 1. The largest absolute Gasteiger partial charge is 0.497 e. The van der Waals surface area contributed by atoms with Gasteiger partial charge in [-0.3, -0.25) is 9.89 Å². The van der Waals surface area contributed by atoms with Crippen molar-refractivity contribution in [3.05, 3.63) is 65.4 Å². The molecule has 0 unspecified atom stereocenters. The van der Waals surface area contributed by atoms with Crippen molar-refractivity contribution in [2.45, 2.75) is 13.0 Å². The average molecular weight is 423 g/mol. The van der Waals surface area contributed by atoms with Gasteiger partial charge in [-0.05, 0) is 41.8 Å². The maximum Gasteiger partial charge on any atom is 0.283 e. The Morgan fingerprint density at radius 3 is 2.90 bits per heavy atom. The number of fused-ring (bicyclic) bond motifs is 1. The number of thiazole rings is 1. The number of aliphatic hydroxyl groups excluding tert-OH is 1. The first-order valence-corrected chi connectivity index (χ1v) is 10.4. The summed E-state index contributed by atoms with van der Waals surface area (Å²) in [6.07, 6.45) is 4.10. The quantitative estimate of drug-likeness (QED) is 0.452. The highest BCUT2D eigenvalue weighted by Gasteiger charge is 2.20. The highest BCUT2D eigenvalue weighted by molar-refractivity contribution is 7.20. The number of benzene rings is 2. The number of ether oxygens (including phenoxy) is 1. The molecule has 0 aliphatic heterocycles. The summed E-state index contributed by atoms with van der Waals surface area (Å²) in [4.78, 5) is 19.5. The molecule has 1 amide bonds. The second kappa shape index (κ2) is 9.06. The minimum atomic E-state index is -0.141. The Morgan fingerprint density at radius 1 is 1.23 bits per heavy atom. The lowest BCUT2D eigenvalue weighted by Gasteiger charge is -2.21. The molecule has 0 saturated carbocycles. The van der Waals surface area contributed by atoms with Crippen LogP contribution >= 0.6 is 11.3 Å². The van der Waals surface area contributed by atoms with Gasteiger partial charge >= 0.3 is 0 Å². The molecule has 0 aliphatic carbocycles. The lowest BCUT2D eigenvalue weighted by Crippen LogP contribution is -2.32. The highest BCUT2D eigenvalue weighted by atomic mass is 32.1. The summed E-state index contributed by atoms with van der Waals surface area (Å²) >= 11 is 1.38. The number of carbonyl (C=O) groups is 1. The third-order valence-electron chi connectivity index (χ3n) is 4.78. The fourth-order valence-electron chi connectivity index (χ4n) is 3.24. The van der Waals surface area contributed by atoms with Crippen molar-refractivity contribution in [2.75, 3.05) is 20.3 Å². The molecule has 8 heteroatoms. The van der Waals surface area contributed by atoms with Gasteiger partial charge in [-0.2, -0.15) is 5.10 Å². The van der Waals surface area contributed by atoms with Crippen molar-refractivity contribution < 1.29 is 14.6 Å². The maximum absolute atomic E-state index is 13.2. The van der Waals surface area contributed by atoms with Crippen molar-refractivity contribution in [1.82, 2.24) is 20.1 Å². The second-order valence-corrected chi connectivity index (χ2v) is 7.87. The number of H-pyrrole nitrogens is 1. The molecule has 0 atom stereocenters. The van der Waals surface area contributed by atoms with Crippen LogP contribution in [0.15, 0.2) is 54.9 Å². The van der Waals surface area contributed by atoms with E-state index < -0.39 is 0 Å². The van der Waals surface area contributed by atoms with E-state index in [1.807, 2.05) is 48.7 Å². The monoisotopic (exact) mass is 422 g/mol. The smallest absolute Gasteiger partial charge is 0.283 e. The van der Waals surface area contributed by atoms with Gasteiger partial charge in [-0.25, -0.2) is 4.98 Å². The molecule has 2 N–H and O–H groups in total. The molecule has 2 aromatic carbocycles. The lowest BCUT2D eigenvalue weighted by molar-refractivity contribution is 0.0731. The van der Waals surface area contributed by atoms with Gasteiger partial charge in [0.05, 0.1) is 23.5 Å². The van der Waals surface area contributed by atoms with Crippen molar-refractivity contribution in [1.29, 1.82) is 0 Å². The Morgan fingerprint density at radius 2 is 2.13 bits per heavy atom. The summed E-state index contributed by atoms with van der Waals surface area (Å²) in [5.41, 5.74) is 3.76. The van der Waals surface area contributed by atoms with Gasteiger partial charge in [0, 0.05) is 31.5 Å². The number of carbonyl (C=O) groups excluding carboxylic acids is 1. The number of aromatic nitrogens is 3. The molecule has 4 aromatic rings. The fraction of sp³-hybridized carbons (Fsp3) is 0.227. The van der Waals surface area contributed by atoms with Gasteiger partial charge in [-0.15, -0.1) is 11.3 Å².